The summed E-state index contributed by atoms with van der Waals surface area (Å²) in [6.45, 7) is 3.95. The van der Waals surface area contributed by atoms with Gasteiger partial charge in [-0.2, -0.15) is 0 Å². The molecule has 180 valence electrons. The highest BCUT2D eigenvalue weighted by Crippen LogP contribution is 2.28. The average molecular weight is 461 g/mol. The van der Waals surface area contributed by atoms with Crippen molar-refractivity contribution < 1.29 is 57.6 Å². The molecule has 5 atom stereocenters. The summed E-state index contributed by atoms with van der Waals surface area (Å²) in [5.41, 5.74) is 0. The lowest BCUT2D eigenvalue weighted by Gasteiger charge is -2.44. The van der Waals surface area contributed by atoms with E-state index in [1.165, 1.54) is 0 Å². The number of hydrogen-bond acceptors (Lipinski definition) is 11. The topological polar surface area (TPSA) is 181 Å². The predicted molar refractivity (Wildman–Crippen MR) is 102 cm³/mol. The molecule has 0 aromatic heterocycles. The van der Waals surface area contributed by atoms with Crippen molar-refractivity contribution in [1.82, 2.24) is 5.32 Å². The molecule has 1 amide bonds. The third-order valence-electron chi connectivity index (χ3n) is 4.11. The lowest BCUT2D eigenvalue weighted by atomic mass is 9.95. The van der Waals surface area contributed by atoms with Crippen LogP contribution in [0.5, 0.6) is 0 Å². The van der Waals surface area contributed by atoms with Crippen LogP contribution >= 0.6 is 0 Å². The van der Waals surface area contributed by atoms with Crippen molar-refractivity contribution in [2.75, 3.05) is 6.61 Å². The van der Waals surface area contributed by atoms with Crippen LogP contribution in [0.15, 0.2) is 0 Å². The maximum absolute atomic E-state index is 12.4. The molecule has 13 nitrogen and oxygen atoms in total. The molecule has 0 bridgehead atoms. The number of carboxylic acid groups (broad SMARTS) is 1. The second kappa shape index (κ2) is 12.6. The third kappa shape index (κ3) is 9.29. The number of carboxylic acids is 1. The number of amides is 1. The van der Waals surface area contributed by atoms with Crippen LogP contribution in [0.4, 0.5) is 0 Å². The predicted octanol–water partition coefficient (Wildman–Crippen LogP) is -0.559. The van der Waals surface area contributed by atoms with Crippen LogP contribution in [-0.2, 0) is 52.5 Å². The number of hydrogen-bond donors (Lipinski definition) is 2. The number of esters is 4. The maximum Gasteiger partial charge on any atom is 0.305 e. The highest BCUT2D eigenvalue weighted by molar-refractivity contribution is 5.77. The minimum absolute atomic E-state index is 0.0215. The molecular weight excluding hydrogens is 434 g/mol. The molecule has 2 N–H and O–H groups in total. The Morgan fingerprint density at radius 2 is 1.38 bits per heavy atom. The van der Waals surface area contributed by atoms with Gasteiger partial charge < -0.3 is 34.1 Å². The van der Waals surface area contributed by atoms with Gasteiger partial charge in [0.25, 0.3) is 0 Å². The van der Waals surface area contributed by atoms with E-state index in [0.717, 1.165) is 27.7 Å². The molecule has 1 aliphatic heterocycles. The van der Waals surface area contributed by atoms with Crippen LogP contribution in [0, 0.1) is 0 Å². The summed E-state index contributed by atoms with van der Waals surface area (Å²) in [4.78, 5) is 69.3. The van der Waals surface area contributed by atoms with E-state index in [4.69, 9.17) is 28.8 Å². The Hall–Kier alpha value is -3.22. The Bertz CT molecular complexity index is 736. The fourth-order valence-electron chi connectivity index (χ4n) is 2.98. The van der Waals surface area contributed by atoms with Crippen molar-refractivity contribution in [3.63, 3.8) is 0 Å². The molecule has 0 radical (unpaired) electrons. The van der Waals surface area contributed by atoms with Gasteiger partial charge in [0, 0.05) is 40.5 Å². The van der Waals surface area contributed by atoms with Crippen LogP contribution in [0.2, 0.25) is 0 Å². The molecule has 1 saturated heterocycles. The van der Waals surface area contributed by atoms with Gasteiger partial charge in [0.2, 0.25) is 12.2 Å². The Labute approximate surface area is 183 Å². The number of aliphatic carboxylic acids is 1. The summed E-state index contributed by atoms with van der Waals surface area (Å²) in [6.07, 6.45) is -5.82. The first-order valence-electron chi connectivity index (χ1n) is 9.72. The zero-order valence-corrected chi connectivity index (χ0v) is 18.2. The van der Waals surface area contributed by atoms with Gasteiger partial charge in [-0.3, -0.25) is 28.8 Å². The summed E-state index contributed by atoms with van der Waals surface area (Å²) in [5, 5.41) is 11.2. The van der Waals surface area contributed by atoms with E-state index < -0.39 is 73.0 Å². The van der Waals surface area contributed by atoms with Crippen LogP contribution in [0.1, 0.15) is 47.0 Å². The molecule has 0 unspecified atom stereocenters. The molecule has 0 aromatic rings. The molecular formula is C19H27NO12. The number of nitrogens with one attached hydrogen (secondary N) is 1. The molecule has 0 aliphatic carbocycles. The Balaban J connectivity index is 3.24. The second-order valence-electron chi connectivity index (χ2n) is 6.94. The smallest absolute Gasteiger partial charge is 0.305 e. The van der Waals surface area contributed by atoms with Gasteiger partial charge in [0.1, 0.15) is 18.8 Å². The standard InChI is InChI=1S/C19H27NO12/c1-9(21)28-8-13-17(29-10(2)22)18(30-11(3)23)16(19(32-13)31-12(4)24)20-14(25)6-5-7-15(26)27/h13,16-19H,5-8H2,1-4H3,(H,20,25)(H,26,27)/t13-,16-,17-,18-,19-/m1/s1. The summed E-state index contributed by atoms with van der Waals surface area (Å²) in [7, 11) is 0. The lowest BCUT2D eigenvalue weighted by molar-refractivity contribution is -0.271. The quantitative estimate of drug-likeness (QED) is 0.313. The van der Waals surface area contributed by atoms with Crippen molar-refractivity contribution in [1.29, 1.82) is 0 Å². The molecule has 0 spiro atoms. The number of carbonyl (C=O) groups excluding carboxylic acids is 5. The van der Waals surface area contributed by atoms with E-state index in [9.17, 15) is 28.8 Å². The summed E-state index contributed by atoms with van der Waals surface area (Å²) < 4.78 is 26.1. The lowest BCUT2D eigenvalue weighted by Crippen LogP contribution is -2.67. The number of carbonyl (C=O) groups is 6. The molecule has 0 aromatic carbocycles. The van der Waals surface area contributed by atoms with Gasteiger partial charge in [-0.15, -0.1) is 0 Å². The minimum atomic E-state index is -1.49. The van der Waals surface area contributed by atoms with E-state index in [1.54, 1.807) is 0 Å². The first-order valence-corrected chi connectivity index (χ1v) is 9.72. The van der Waals surface area contributed by atoms with Crippen LogP contribution in [0.3, 0.4) is 0 Å². The Morgan fingerprint density at radius 1 is 0.812 bits per heavy atom. The van der Waals surface area contributed by atoms with Crippen LogP contribution in [0.25, 0.3) is 0 Å². The molecule has 1 fully saturated rings. The monoisotopic (exact) mass is 461 g/mol. The zero-order chi connectivity index (χ0) is 24.4. The Kier molecular flexibility index (Phi) is 10.5. The first-order chi connectivity index (χ1) is 14.9. The van der Waals surface area contributed by atoms with Gasteiger partial charge in [-0.1, -0.05) is 0 Å². The van der Waals surface area contributed by atoms with Gasteiger partial charge in [-0.05, 0) is 6.42 Å². The molecule has 32 heavy (non-hydrogen) atoms. The van der Waals surface area contributed by atoms with Gasteiger partial charge >= 0.3 is 29.8 Å². The molecule has 1 rings (SSSR count). The number of rotatable bonds is 10. The molecule has 13 heteroatoms. The van der Waals surface area contributed by atoms with Crippen LogP contribution in [-0.4, -0.2) is 78.1 Å². The number of ether oxygens (including phenoxy) is 5. The minimum Gasteiger partial charge on any atom is -0.481 e. The fourth-order valence-corrected chi connectivity index (χ4v) is 2.98. The highest BCUT2D eigenvalue weighted by Gasteiger charge is 2.52. The van der Waals surface area contributed by atoms with Crippen molar-refractivity contribution in [2.24, 2.45) is 0 Å². The van der Waals surface area contributed by atoms with E-state index in [-0.39, 0.29) is 19.3 Å². The molecule has 1 aliphatic rings. The van der Waals surface area contributed by atoms with Gasteiger partial charge in [-0.25, -0.2) is 0 Å². The Morgan fingerprint density at radius 3 is 1.88 bits per heavy atom. The maximum atomic E-state index is 12.4. The molecule has 1 heterocycles. The highest BCUT2D eigenvalue weighted by atomic mass is 16.7. The average Bonchev–Trinajstić information content (AvgIpc) is 2.63. The molecule has 0 saturated carbocycles. The SMILES string of the molecule is CC(=O)OC[C@H]1O[C@@H](OC(C)=O)[C@H](NC(=O)CCCC(=O)O)[C@@H](OC(C)=O)[C@@H]1OC(C)=O. The first kappa shape index (κ1) is 26.8. The van der Waals surface area contributed by atoms with E-state index in [2.05, 4.69) is 5.32 Å². The summed E-state index contributed by atoms with van der Waals surface area (Å²) in [5.74, 6) is -4.77. The zero-order valence-electron chi connectivity index (χ0n) is 18.2. The second-order valence-corrected chi connectivity index (χ2v) is 6.94. The van der Waals surface area contributed by atoms with E-state index in [1.807, 2.05) is 0 Å². The van der Waals surface area contributed by atoms with Crippen molar-refractivity contribution >= 4 is 35.8 Å². The fraction of sp³-hybridized carbons (Fsp3) is 0.684. The largest absolute Gasteiger partial charge is 0.481 e. The van der Waals surface area contributed by atoms with E-state index in [0.29, 0.717) is 0 Å². The van der Waals surface area contributed by atoms with Crippen molar-refractivity contribution in [2.45, 2.75) is 77.6 Å². The van der Waals surface area contributed by atoms with Gasteiger partial charge in [0.05, 0.1) is 0 Å². The third-order valence-corrected chi connectivity index (χ3v) is 4.11. The van der Waals surface area contributed by atoms with Gasteiger partial charge in [0.15, 0.2) is 12.2 Å². The van der Waals surface area contributed by atoms with Crippen molar-refractivity contribution in [3.05, 3.63) is 0 Å². The summed E-state index contributed by atoms with van der Waals surface area (Å²) >= 11 is 0. The normalized spacial score (nSPS) is 24.6. The van der Waals surface area contributed by atoms with Crippen LogP contribution < -0.4 is 5.32 Å². The summed E-state index contributed by atoms with van der Waals surface area (Å²) in [6, 6.07) is -1.31. The van der Waals surface area contributed by atoms with Crippen molar-refractivity contribution in [3.8, 4) is 0 Å². The van der Waals surface area contributed by atoms with E-state index >= 15 is 0 Å².